The molecule has 0 aliphatic rings. The average Bonchev–Trinajstić information content (AvgIpc) is 3.05. The van der Waals surface area contributed by atoms with E-state index in [0.717, 1.165) is 39.9 Å². The van der Waals surface area contributed by atoms with Crippen molar-refractivity contribution < 1.29 is 9.90 Å². The summed E-state index contributed by atoms with van der Waals surface area (Å²) in [6.45, 7) is 2.15. The molecule has 0 bridgehead atoms. The molecule has 3 aromatic rings. The van der Waals surface area contributed by atoms with E-state index in [4.69, 9.17) is 0 Å². The number of amides is 1. The van der Waals surface area contributed by atoms with Gasteiger partial charge >= 0.3 is 0 Å². The summed E-state index contributed by atoms with van der Waals surface area (Å²) in [5.74, 6) is -0.434. The molecule has 0 atom stereocenters. The second-order valence-electron chi connectivity index (χ2n) is 5.88. The third-order valence-electron chi connectivity index (χ3n) is 3.92. The lowest BCUT2D eigenvalue weighted by Gasteiger charge is -2.04. The van der Waals surface area contributed by atoms with Gasteiger partial charge in [-0.1, -0.05) is 70.9 Å². The van der Waals surface area contributed by atoms with Crippen molar-refractivity contribution in [3.63, 3.8) is 0 Å². The zero-order chi connectivity index (χ0) is 18.5. The van der Waals surface area contributed by atoms with Gasteiger partial charge in [0.05, 0.1) is 16.1 Å². The van der Waals surface area contributed by atoms with Crippen LogP contribution in [-0.4, -0.2) is 16.0 Å². The van der Waals surface area contributed by atoms with E-state index in [9.17, 15) is 9.90 Å². The number of carbonyl (C=O) groups is 1. The first-order valence-corrected chi connectivity index (χ1v) is 10.0. The summed E-state index contributed by atoms with van der Waals surface area (Å²) in [5.41, 5.74) is 2.31. The van der Waals surface area contributed by atoms with Crippen molar-refractivity contribution in [2.24, 2.45) is 0 Å². The summed E-state index contributed by atoms with van der Waals surface area (Å²) in [6.07, 6.45) is 3.00. The number of carbonyl (C=O) groups excluding carboxylic acids is 1. The fraction of sp³-hybridized carbons (Fsp3) is 0.200. The Labute approximate surface area is 165 Å². The standard InChI is InChI=1S/C20H19BrN2O2S/c1-2-3-9-16-18(13-7-5-4-6-8-13)26-20(22-16)23-19(25)15-12-14(21)10-11-17(15)24/h4-8,10-12,24H,2-3,9H2,1H3,(H,22,23,25). The zero-order valence-corrected chi connectivity index (χ0v) is 16.7. The Balaban J connectivity index is 1.89. The molecule has 3 rings (SSSR count). The van der Waals surface area contributed by atoms with E-state index in [-0.39, 0.29) is 17.2 Å². The largest absolute Gasteiger partial charge is 0.507 e. The maximum atomic E-state index is 12.5. The third-order valence-corrected chi connectivity index (χ3v) is 5.48. The number of anilines is 1. The van der Waals surface area contributed by atoms with Crippen LogP contribution in [0.5, 0.6) is 5.75 Å². The van der Waals surface area contributed by atoms with Crippen LogP contribution in [0.2, 0.25) is 0 Å². The van der Waals surface area contributed by atoms with Crippen LogP contribution in [0, 0.1) is 0 Å². The van der Waals surface area contributed by atoms with E-state index < -0.39 is 0 Å². The second kappa shape index (κ2) is 8.47. The van der Waals surface area contributed by atoms with Crippen LogP contribution in [0.1, 0.15) is 35.8 Å². The van der Waals surface area contributed by atoms with Crippen LogP contribution in [-0.2, 0) is 6.42 Å². The molecular formula is C20H19BrN2O2S. The summed E-state index contributed by atoms with van der Waals surface area (Å²) in [4.78, 5) is 18.2. The summed E-state index contributed by atoms with van der Waals surface area (Å²) >= 11 is 4.78. The quantitative estimate of drug-likeness (QED) is 0.513. The predicted molar refractivity (Wildman–Crippen MR) is 110 cm³/mol. The van der Waals surface area contributed by atoms with Crippen molar-refractivity contribution in [2.45, 2.75) is 26.2 Å². The van der Waals surface area contributed by atoms with Crippen LogP contribution >= 0.6 is 27.3 Å². The number of phenolic OH excluding ortho intramolecular Hbond substituents is 1. The number of aromatic hydroxyl groups is 1. The molecule has 2 aromatic carbocycles. The van der Waals surface area contributed by atoms with Gasteiger partial charge in [-0.15, -0.1) is 0 Å². The number of halogens is 1. The number of phenols is 1. The summed E-state index contributed by atoms with van der Waals surface area (Å²) < 4.78 is 0.730. The highest BCUT2D eigenvalue weighted by Gasteiger charge is 2.17. The van der Waals surface area contributed by atoms with Gasteiger partial charge in [0.2, 0.25) is 0 Å². The van der Waals surface area contributed by atoms with Crippen molar-refractivity contribution in [1.82, 2.24) is 4.98 Å². The van der Waals surface area contributed by atoms with E-state index in [0.29, 0.717) is 5.13 Å². The fourth-order valence-corrected chi connectivity index (χ4v) is 3.96. The average molecular weight is 431 g/mol. The number of nitrogens with zero attached hydrogens (tertiary/aromatic N) is 1. The maximum Gasteiger partial charge on any atom is 0.261 e. The normalized spacial score (nSPS) is 10.7. The molecule has 0 aliphatic heterocycles. The number of hydrogen-bond donors (Lipinski definition) is 2. The highest BCUT2D eigenvalue weighted by atomic mass is 79.9. The third kappa shape index (κ3) is 4.31. The number of hydrogen-bond acceptors (Lipinski definition) is 4. The van der Waals surface area contributed by atoms with Gasteiger partial charge < -0.3 is 5.11 Å². The van der Waals surface area contributed by atoms with Crippen LogP contribution < -0.4 is 5.32 Å². The van der Waals surface area contributed by atoms with Crippen LogP contribution in [0.3, 0.4) is 0 Å². The zero-order valence-electron chi connectivity index (χ0n) is 14.3. The minimum atomic E-state index is -0.376. The van der Waals surface area contributed by atoms with E-state index in [1.54, 1.807) is 12.1 Å². The number of rotatable bonds is 6. The molecule has 0 fully saturated rings. The first-order valence-electron chi connectivity index (χ1n) is 8.43. The molecular weight excluding hydrogens is 412 g/mol. The highest BCUT2D eigenvalue weighted by molar-refractivity contribution is 9.10. The molecule has 0 radical (unpaired) electrons. The molecule has 6 heteroatoms. The number of unbranched alkanes of at least 4 members (excludes halogenated alkanes) is 1. The van der Waals surface area contributed by atoms with Crippen molar-refractivity contribution >= 4 is 38.3 Å². The summed E-state index contributed by atoms with van der Waals surface area (Å²) in [7, 11) is 0. The monoisotopic (exact) mass is 430 g/mol. The van der Waals surface area contributed by atoms with Gasteiger partial charge in [0.15, 0.2) is 5.13 Å². The van der Waals surface area contributed by atoms with Crippen molar-refractivity contribution in [3.05, 3.63) is 64.3 Å². The molecule has 1 heterocycles. The minimum Gasteiger partial charge on any atom is -0.507 e. The second-order valence-corrected chi connectivity index (χ2v) is 7.79. The van der Waals surface area contributed by atoms with Crippen LogP contribution in [0.4, 0.5) is 5.13 Å². The number of thiazole rings is 1. The molecule has 4 nitrogen and oxygen atoms in total. The Morgan fingerprint density at radius 2 is 2.00 bits per heavy atom. The van der Waals surface area contributed by atoms with Crippen LogP contribution in [0.25, 0.3) is 10.4 Å². The summed E-state index contributed by atoms with van der Waals surface area (Å²) in [5, 5.41) is 13.3. The SMILES string of the molecule is CCCCc1nc(NC(=O)c2cc(Br)ccc2O)sc1-c1ccccc1. The lowest BCUT2D eigenvalue weighted by molar-refractivity contribution is 0.102. The van der Waals surface area contributed by atoms with Gasteiger partial charge in [0.1, 0.15) is 5.75 Å². The van der Waals surface area contributed by atoms with Gasteiger partial charge in [-0.05, 0) is 36.6 Å². The van der Waals surface area contributed by atoms with E-state index >= 15 is 0 Å². The Hall–Kier alpha value is -2.18. The van der Waals surface area contributed by atoms with E-state index in [2.05, 4.69) is 45.3 Å². The van der Waals surface area contributed by atoms with E-state index in [1.165, 1.54) is 17.4 Å². The first kappa shape index (κ1) is 18.6. The van der Waals surface area contributed by atoms with Gasteiger partial charge in [-0.3, -0.25) is 10.1 Å². The fourth-order valence-electron chi connectivity index (χ4n) is 2.59. The topological polar surface area (TPSA) is 62.2 Å². The lowest BCUT2D eigenvalue weighted by atomic mass is 10.1. The maximum absolute atomic E-state index is 12.5. The lowest BCUT2D eigenvalue weighted by Crippen LogP contribution is -2.12. The number of nitrogens with one attached hydrogen (secondary N) is 1. The van der Waals surface area contributed by atoms with Crippen LogP contribution in [0.15, 0.2) is 53.0 Å². The first-order chi connectivity index (χ1) is 12.6. The molecule has 1 aromatic heterocycles. The number of benzene rings is 2. The molecule has 1 amide bonds. The molecule has 0 aliphatic carbocycles. The smallest absolute Gasteiger partial charge is 0.261 e. The Morgan fingerprint density at radius 3 is 2.73 bits per heavy atom. The summed E-state index contributed by atoms with van der Waals surface area (Å²) in [6, 6.07) is 14.8. The molecule has 26 heavy (non-hydrogen) atoms. The van der Waals surface area contributed by atoms with Gasteiger partial charge in [-0.2, -0.15) is 0 Å². The predicted octanol–water partition coefficient (Wildman–Crippen LogP) is 5.87. The van der Waals surface area contributed by atoms with Gasteiger partial charge in [0.25, 0.3) is 5.91 Å². The Morgan fingerprint density at radius 1 is 1.23 bits per heavy atom. The number of aryl methyl sites for hydroxylation is 1. The van der Waals surface area contributed by atoms with Crippen molar-refractivity contribution in [3.8, 4) is 16.2 Å². The Kier molecular flexibility index (Phi) is 6.06. The molecule has 134 valence electrons. The van der Waals surface area contributed by atoms with Crippen molar-refractivity contribution in [2.75, 3.05) is 5.32 Å². The van der Waals surface area contributed by atoms with E-state index in [1.807, 2.05) is 18.2 Å². The molecule has 0 spiro atoms. The highest BCUT2D eigenvalue weighted by Crippen LogP contribution is 2.34. The Bertz CT molecular complexity index is 909. The molecule has 0 saturated carbocycles. The minimum absolute atomic E-state index is 0.0586. The molecule has 2 N–H and O–H groups in total. The van der Waals surface area contributed by atoms with Crippen molar-refractivity contribution in [1.29, 1.82) is 0 Å². The van der Waals surface area contributed by atoms with Gasteiger partial charge in [0, 0.05) is 4.47 Å². The van der Waals surface area contributed by atoms with Gasteiger partial charge in [-0.25, -0.2) is 4.98 Å². The number of aromatic nitrogens is 1. The molecule has 0 unspecified atom stereocenters. The molecule has 0 saturated heterocycles.